The summed E-state index contributed by atoms with van der Waals surface area (Å²) in [5, 5.41) is 20.6. The number of hydrogen-bond donors (Lipinski definition) is 2. The highest BCUT2D eigenvalue weighted by Crippen LogP contribution is 2.71. The van der Waals surface area contributed by atoms with Crippen molar-refractivity contribution in [3.63, 3.8) is 0 Å². The lowest BCUT2D eigenvalue weighted by molar-refractivity contribution is -0.150. The molecule has 1 heterocycles. The number of rotatable bonds is 6. The third-order valence-corrected chi connectivity index (χ3v) is 11.3. The molecular formula is C30H46O5. The second-order valence-electron chi connectivity index (χ2n) is 13.3. The lowest BCUT2D eigenvalue weighted by Crippen LogP contribution is -2.52. The van der Waals surface area contributed by atoms with E-state index in [2.05, 4.69) is 27.7 Å². The molecule has 35 heavy (non-hydrogen) atoms. The van der Waals surface area contributed by atoms with Crippen LogP contribution in [0.5, 0.6) is 0 Å². The van der Waals surface area contributed by atoms with E-state index in [1.54, 1.807) is 5.57 Å². The van der Waals surface area contributed by atoms with E-state index in [-0.39, 0.29) is 40.7 Å². The minimum Gasteiger partial charge on any atom is -0.481 e. The summed E-state index contributed by atoms with van der Waals surface area (Å²) in [5.41, 5.74) is 2.71. The first kappa shape index (κ1) is 26.4. The molecule has 1 saturated carbocycles. The van der Waals surface area contributed by atoms with Crippen molar-refractivity contribution in [3.05, 3.63) is 22.8 Å². The zero-order valence-electron chi connectivity index (χ0n) is 22.9. The van der Waals surface area contributed by atoms with Gasteiger partial charge in [0.1, 0.15) is 6.10 Å². The lowest BCUT2D eigenvalue weighted by atomic mass is 9.46. The Balaban J connectivity index is 1.70. The Hall–Kier alpha value is -1.62. The van der Waals surface area contributed by atoms with E-state index >= 15 is 0 Å². The predicted molar refractivity (Wildman–Crippen MR) is 137 cm³/mol. The topological polar surface area (TPSA) is 83.8 Å². The van der Waals surface area contributed by atoms with Gasteiger partial charge >= 0.3 is 11.9 Å². The van der Waals surface area contributed by atoms with Crippen molar-refractivity contribution in [2.45, 2.75) is 118 Å². The number of carboxylic acids is 1. The van der Waals surface area contributed by atoms with Crippen LogP contribution in [0.25, 0.3) is 0 Å². The van der Waals surface area contributed by atoms with Crippen molar-refractivity contribution in [2.75, 3.05) is 0 Å². The summed E-state index contributed by atoms with van der Waals surface area (Å²) in [7, 11) is 0. The minimum absolute atomic E-state index is 0.0499. The van der Waals surface area contributed by atoms with Gasteiger partial charge < -0.3 is 14.9 Å². The fourth-order valence-electron chi connectivity index (χ4n) is 9.06. The maximum absolute atomic E-state index is 12.3. The average Bonchev–Trinajstić information content (AvgIpc) is 3.04. The molecule has 0 saturated heterocycles. The molecule has 0 aromatic rings. The molecule has 0 aromatic carbocycles. The number of cyclic esters (lactones) is 1. The van der Waals surface area contributed by atoms with Crippen LogP contribution in [0, 0.1) is 34.0 Å². The van der Waals surface area contributed by atoms with Crippen molar-refractivity contribution in [1.82, 2.24) is 0 Å². The van der Waals surface area contributed by atoms with Gasteiger partial charge in [0.05, 0.1) is 5.60 Å². The van der Waals surface area contributed by atoms with Gasteiger partial charge in [-0.05, 0) is 99.7 Å². The van der Waals surface area contributed by atoms with Crippen molar-refractivity contribution in [1.29, 1.82) is 0 Å². The monoisotopic (exact) mass is 486 g/mol. The molecular weight excluding hydrogens is 440 g/mol. The van der Waals surface area contributed by atoms with Gasteiger partial charge in [0.25, 0.3) is 0 Å². The predicted octanol–water partition coefficient (Wildman–Crippen LogP) is 6.45. The van der Waals surface area contributed by atoms with Crippen LogP contribution < -0.4 is 0 Å². The quantitative estimate of drug-likeness (QED) is 0.333. The maximum Gasteiger partial charge on any atom is 0.333 e. The standard InChI is InChI=1S/C30H46O5/c1-18-8-10-23(35-26(18)33)19(2)20-12-16-30(7)22-9-11-24(27(3,4)34)28(5,15-14-25(31)32)21(22)13-17-29(20,30)6/h8,19-20,23-24,34H,9-17H2,1-7H3,(H,31,32)/t19-,20+,23+,24-,28+,29+,30-/m0/s1. The highest BCUT2D eigenvalue weighted by molar-refractivity contribution is 5.88. The molecule has 4 rings (SSSR count). The Bertz CT molecular complexity index is 954. The normalized spacial score (nSPS) is 40.5. The summed E-state index contributed by atoms with van der Waals surface area (Å²) in [5.74, 6) is -0.117. The summed E-state index contributed by atoms with van der Waals surface area (Å²) in [6.07, 6.45) is 9.65. The Morgan fingerprint density at radius 1 is 1.17 bits per heavy atom. The Kier molecular flexibility index (Phi) is 6.61. The Morgan fingerprint density at radius 2 is 1.86 bits per heavy atom. The number of carbonyl (C=O) groups excluding carboxylic acids is 1. The number of aliphatic hydroxyl groups is 1. The Labute approximate surface area is 211 Å². The van der Waals surface area contributed by atoms with Crippen LogP contribution in [0.3, 0.4) is 0 Å². The number of hydrogen-bond acceptors (Lipinski definition) is 4. The van der Waals surface area contributed by atoms with E-state index in [0.29, 0.717) is 23.8 Å². The first-order valence-electron chi connectivity index (χ1n) is 13.7. The van der Waals surface area contributed by atoms with Gasteiger partial charge in [0.2, 0.25) is 0 Å². The van der Waals surface area contributed by atoms with E-state index < -0.39 is 11.6 Å². The molecule has 3 aliphatic carbocycles. The van der Waals surface area contributed by atoms with Gasteiger partial charge in [-0.2, -0.15) is 0 Å². The molecule has 5 nitrogen and oxygen atoms in total. The van der Waals surface area contributed by atoms with Crippen LogP contribution in [-0.4, -0.2) is 33.9 Å². The largest absolute Gasteiger partial charge is 0.481 e. The third-order valence-electron chi connectivity index (χ3n) is 11.3. The Morgan fingerprint density at radius 3 is 2.46 bits per heavy atom. The highest BCUT2D eigenvalue weighted by Gasteiger charge is 2.62. The molecule has 7 atom stereocenters. The molecule has 0 spiro atoms. The van der Waals surface area contributed by atoms with Crippen molar-refractivity contribution in [2.24, 2.45) is 34.0 Å². The lowest BCUT2D eigenvalue weighted by Gasteiger charge is -2.59. The minimum atomic E-state index is -0.851. The second-order valence-corrected chi connectivity index (χ2v) is 13.3. The summed E-state index contributed by atoms with van der Waals surface area (Å²) in [6, 6.07) is 0. The first-order valence-corrected chi connectivity index (χ1v) is 13.7. The fraction of sp³-hybridized carbons (Fsp3) is 0.800. The van der Waals surface area contributed by atoms with Crippen molar-refractivity contribution >= 4 is 11.9 Å². The second kappa shape index (κ2) is 8.75. The molecule has 0 radical (unpaired) electrons. The molecule has 5 heteroatoms. The van der Waals surface area contributed by atoms with Gasteiger partial charge in [-0.1, -0.05) is 44.9 Å². The number of carbonyl (C=O) groups is 2. The molecule has 0 aromatic heterocycles. The van der Waals surface area contributed by atoms with E-state index in [1.807, 2.05) is 26.8 Å². The van der Waals surface area contributed by atoms with E-state index in [4.69, 9.17) is 4.74 Å². The number of carboxylic acid groups (broad SMARTS) is 1. The van der Waals surface area contributed by atoms with Gasteiger partial charge in [0, 0.05) is 18.4 Å². The number of allylic oxidation sites excluding steroid dienone is 2. The number of ether oxygens (including phenoxy) is 1. The number of aliphatic carboxylic acids is 1. The molecule has 1 aliphatic heterocycles. The SMILES string of the molecule is CC1=CC[C@H]([C@@H](C)[C@H]2CC[C@@]3(C)C4=C(CC[C@]23C)[C@@](C)(CCC(=O)O)[C@H](C(C)(C)O)CC4)OC1=O. The van der Waals surface area contributed by atoms with Crippen LogP contribution in [0.4, 0.5) is 0 Å². The fourth-order valence-corrected chi connectivity index (χ4v) is 9.06. The van der Waals surface area contributed by atoms with Crippen molar-refractivity contribution in [3.8, 4) is 0 Å². The molecule has 2 N–H and O–H groups in total. The van der Waals surface area contributed by atoms with Gasteiger partial charge in [-0.15, -0.1) is 0 Å². The summed E-state index contributed by atoms with van der Waals surface area (Å²) in [4.78, 5) is 23.9. The smallest absolute Gasteiger partial charge is 0.333 e. The van der Waals surface area contributed by atoms with Crippen LogP contribution in [-0.2, 0) is 14.3 Å². The zero-order valence-corrected chi connectivity index (χ0v) is 22.9. The van der Waals surface area contributed by atoms with E-state index in [0.717, 1.165) is 44.9 Å². The van der Waals surface area contributed by atoms with Gasteiger partial charge in [-0.3, -0.25) is 4.79 Å². The summed E-state index contributed by atoms with van der Waals surface area (Å²) < 4.78 is 5.87. The molecule has 1 fully saturated rings. The molecule has 196 valence electrons. The average molecular weight is 487 g/mol. The third kappa shape index (κ3) is 4.10. The molecule has 0 bridgehead atoms. The first-order chi connectivity index (χ1) is 16.1. The summed E-state index contributed by atoms with van der Waals surface area (Å²) >= 11 is 0. The van der Waals surface area contributed by atoms with E-state index in [1.165, 1.54) is 5.57 Å². The zero-order chi connectivity index (χ0) is 26.0. The van der Waals surface area contributed by atoms with Crippen molar-refractivity contribution < 1.29 is 24.5 Å². The number of fused-ring (bicyclic) bond motifs is 2. The van der Waals surface area contributed by atoms with E-state index in [9.17, 15) is 19.8 Å². The number of esters is 1. The highest BCUT2D eigenvalue weighted by atomic mass is 16.5. The van der Waals surface area contributed by atoms with Gasteiger partial charge in [0.15, 0.2) is 0 Å². The maximum atomic E-state index is 12.3. The summed E-state index contributed by atoms with van der Waals surface area (Å²) in [6.45, 7) is 15.0. The van der Waals surface area contributed by atoms with Crippen LogP contribution in [0.2, 0.25) is 0 Å². The van der Waals surface area contributed by atoms with Crippen LogP contribution >= 0.6 is 0 Å². The van der Waals surface area contributed by atoms with Gasteiger partial charge in [-0.25, -0.2) is 4.79 Å². The molecule has 4 aliphatic rings. The van der Waals surface area contributed by atoms with Crippen LogP contribution in [0.15, 0.2) is 22.8 Å². The van der Waals surface area contributed by atoms with Crippen LogP contribution in [0.1, 0.15) is 106 Å². The molecule has 0 unspecified atom stereocenters. The molecule has 0 amide bonds.